The van der Waals surface area contributed by atoms with Gasteiger partial charge in [-0.3, -0.25) is 14.9 Å². The Morgan fingerprint density at radius 1 is 1.50 bits per heavy atom. The highest BCUT2D eigenvalue weighted by atomic mass is 16.6. The largest absolute Gasteiger partial charge is 0.508 e. The number of amides is 1. The molecule has 0 aliphatic carbocycles. The van der Waals surface area contributed by atoms with E-state index >= 15 is 0 Å². The standard InChI is InChI=1S/C13H16N2O5/c16-9-4-5-12(15(18)19)11(7-9)13(17)14-8-10-3-1-2-6-20-10/h4-5,7,10,16H,1-3,6,8H2,(H,14,17). The Balaban J connectivity index is 2.04. The number of hydrogen-bond donors (Lipinski definition) is 2. The molecule has 0 bridgehead atoms. The van der Waals surface area contributed by atoms with Crippen LogP contribution >= 0.6 is 0 Å². The minimum atomic E-state index is -0.647. The molecule has 20 heavy (non-hydrogen) atoms. The van der Waals surface area contributed by atoms with Crippen LogP contribution in [0, 0.1) is 10.1 Å². The molecule has 1 aliphatic heterocycles. The third kappa shape index (κ3) is 3.45. The van der Waals surface area contributed by atoms with Gasteiger partial charge in [0.2, 0.25) is 0 Å². The van der Waals surface area contributed by atoms with Crippen molar-refractivity contribution in [1.82, 2.24) is 5.32 Å². The molecule has 1 aromatic carbocycles. The van der Waals surface area contributed by atoms with Gasteiger partial charge in [-0.2, -0.15) is 0 Å². The molecule has 7 heteroatoms. The van der Waals surface area contributed by atoms with Crippen LogP contribution in [0.1, 0.15) is 29.6 Å². The SMILES string of the molecule is O=C(NCC1CCCCO1)c1cc(O)ccc1[N+](=O)[O-]. The first kappa shape index (κ1) is 14.3. The molecule has 1 heterocycles. The zero-order valence-corrected chi connectivity index (χ0v) is 10.9. The van der Waals surface area contributed by atoms with Gasteiger partial charge in [-0.25, -0.2) is 0 Å². The molecule has 1 fully saturated rings. The summed E-state index contributed by atoms with van der Waals surface area (Å²) < 4.78 is 5.47. The van der Waals surface area contributed by atoms with Crippen molar-refractivity contribution < 1.29 is 19.6 Å². The second kappa shape index (κ2) is 6.33. The fourth-order valence-corrected chi connectivity index (χ4v) is 2.14. The van der Waals surface area contributed by atoms with E-state index in [1.807, 2.05) is 0 Å². The lowest BCUT2D eigenvalue weighted by atomic mass is 10.1. The molecule has 1 unspecified atom stereocenters. The van der Waals surface area contributed by atoms with E-state index in [-0.39, 0.29) is 23.1 Å². The molecule has 1 atom stereocenters. The van der Waals surface area contributed by atoms with Crippen LogP contribution in [0.2, 0.25) is 0 Å². The second-order valence-corrected chi connectivity index (χ2v) is 4.66. The van der Waals surface area contributed by atoms with E-state index in [4.69, 9.17) is 4.74 Å². The number of benzene rings is 1. The Morgan fingerprint density at radius 3 is 2.95 bits per heavy atom. The minimum Gasteiger partial charge on any atom is -0.508 e. The molecule has 2 rings (SSSR count). The molecule has 1 saturated heterocycles. The van der Waals surface area contributed by atoms with Crippen molar-refractivity contribution >= 4 is 11.6 Å². The van der Waals surface area contributed by atoms with Crippen LogP contribution in [-0.2, 0) is 4.74 Å². The third-order valence-corrected chi connectivity index (χ3v) is 3.19. The summed E-state index contributed by atoms with van der Waals surface area (Å²) in [4.78, 5) is 22.2. The van der Waals surface area contributed by atoms with Gasteiger partial charge < -0.3 is 15.2 Å². The summed E-state index contributed by atoms with van der Waals surface area (Å²) in [7, 11) is 0. The normalized spacial score (nSPS) is 18.5. The summed E-state index contributed by atoms with van der Waals surface area (Å²) >= 11 is 0. The van der Waals surface area contributed by atoms with Crippen LogP contribution in [0.3, 0.4) is 0 Å². The molecule has 108 valence electrons. The van der Waals surface area contributed by atoms with Crippen molar-refractivity contribution in [2.24, 2.45) is 0 Å². The van der Waals surface area contributed by atoms with Crippen molar-refractivity contribution in [3.8, 4) is 5.75 Å². The quantitative estimate of drug-likeness (QED) is 0.644. The number of hydrogen-bond acceptors (Lipinski definition) is 5. The fraction of sp³-hybridized carbons (Fsp3) is 0.462. The number of carbonyl (C=O) groups excluding carboxylic acids is 1. The smallest absolute Gasteiger partial charge is 0.282 e. The number of aromatic hydroxyl groups is 1. The maximum atomic E-state index is 12.0. The number of rotatable bonds is 4. The Labute approximate surface area is 115 Å². The van der Waals surface area contributed by atoms with E-state index < -0.39 is 10.8 Å². The monoisotopic (exact) mass is 280 g/mol. The second-order valence-electron chi connectivity index (χ2n) is 4.66. The first-order valence-electron chi connectivity index (χ1n) is 6.45. The number of nitro groups is 1. The Bertz CT molecular complexity index is 511. The van der Waals surface area contributed by atoms with E-state index in [0.717, 1.165) is 31.4 Å². The predicted octanol–water partition coefficient (Wildman–Crippen LogP) is 1.60. The van der Waals surface area contributed by atoms with Crippen molar-refractivity contribution in [1.29, 1.82) is 0 Å². The fourth-order valence-electron chi connectivity index (χ4n) is 2.14. The van der Waals surface area contributed by atoms with E-state index in [2.05, 4.69) is 5.32 Å². The Morgan fingerprint density at radius 2 is 2.30 bits per heavy atom. The molecule has 0 spiro atoms. The summed E-state index contributed by atoms with van der Waals surface area (Å²) in [5.74, 6) is -0.767. The zero-order chi connectivity index (χ0) is 14.5. The average Bonchev–Trinajstić information content (AvgIpc) is 2.45. The lowest BCUT2D eigenvalue weighted by Gasteiger charge is -2.22. The molecular weight excluding hydrogens is 264 g/mol. The van der Waals surface area contributed by atoms with Crippen LogP contribution < -0.4 is 5.32 Å². The summed E-state index contributed by atoms with van der Waals surface area (Å²) in [5.41, 5.74) is -0.476. The van der Waals surface area contributed by atoms with Gasteiger partial charge in [0.15, 0.2) is 0 Å². The number of phenolic OH excluding ortho intramolecular Hbond substituents is 1. The lowest BCUT2D eigenvalue weighted by molar-refractivity contribution is -0.385. The maximum Gasteiger partial charge on any atom is 0.282 e. The highest BCUT2D eigenvalue weighted by molar-refractivity contribution is 5.98. The van der Waals surface area contributed by atoms with Gasteiger partial charge in [0.25, 0.3) is 11.6 Å². The molecule has 1 amide bonds. The lowest BCUT2D eigenvalue weighted by Crippen LogP contribution is -2.35. The summed E-state index contributed by atoms with van der Waals surface area (Å²) in [6.45, 7) is 0.985. The maximum absolute atomic E-state index is 12.0. The number of ether oxygens (including phenoxy) is 1. The summed E-state index contributed by atoms with van der Waals surface area (Å²) in [6.07, 6.45) is 2.88. The molecule has 7 nitrogen and oxygen atoms in total. The van der Waals surface area contributed by atoms with Crippen LogP contribution in [0.25, 0.3) is 0 Å². The number of nitrogens with one attached hydrogen (secondary N) is 1. The van der Waals surface area contributed by atoms with Crippen LogP contribution in [0.15, 0.2) is 18.2 Å². The van der Waals surface area contributed by atoms with Crippen molar-refractivity contribution in [3.63, 3.8) is 0 Å². The summed E-state index contributed by atoms with van der Waals surface area (Å²) in [6, 6.07) is 3.38. The van der Waals surface area contributed by atoms with Gasteiger partial charge in [-0.1, -0.05) is 0 Å². The van der Waals surface area contributed by atoms with Crippen LogP contribution in [-0.4, -0.2) is 35.2 Å². The van der Waals surface area contributed by atoms with Crippen LogP contribution in [0.4, 0.5) is 5.69 Å². The van der Waals surface area contributed by atoms with E-state index in [1.165, 1.54) is 6.07 Å². The Hall–Kier alpha value is -2.15. The first-order chi connectivity index (χ1) is 9.58. The van der Waals surface area contributed by atoms with E-state index in [1.54, 1.807) is 0 Å². The zero-order valence-electron chi connectivity index (χ0n) is 10.9. The van der Waals surface area contributed by atoms with Crippen LogP contribution in [0.5, 0.6) is 5.75 Å². The molecule has 1 aliphatic rings. The number of nitrogens with zero attached hydrogens (tertiary/aromatic N) is 1. The molecule has 0 aromatic heterocycles. The average molecular weight is 280 g/mol. The van der Waals surface area contributed by atoms with Gasteiger partial charge in [0.05, 0.1) is 11.0 Å². The number of phenols is 1. The molecule has 0 saturated carbocycles. The van der Waals surface area contributed by atoms with E-state index in [9.17, 15) is 20.0 Å². The van der Waals surface area contributed by atoms with Gasteiger partial charge in [0, 0.05) is 19.2 Å². The van der Waals surface area contributed by atoms with Gasteiger partial charge in [-0.05, 0) is 31.4 Å². The summed E-state index contributed by atoms with van der Waals surface area (Å²) in [5, 5.41) is 22.8. The van der Waals surface area contributed by atoms with E-state index in [0.29, 0.717) is 13.2 Å². The van der Waals surface area contributed by atoms with Gasteiger partial charge >= 0.3 is 0 Å². The van der Waals surface area contributed by atoms with Crippen molar-refractivity contribution in [2.75, 3.05) is 13.2 Å². The molecule has 2 N–H and O–H groups in total. The minimum absolute atomic E-state index is 0.0518. The van der Waals surface area contributed by atoms with Crippen molar-refractivity contribution in [3.05, 3.63) is 33.9 Å². The first-order valence-corrected chi connectivity index (χ1v) is 6.45. The number of nitro benzene ring substituents is 1. The molecule has 0 radical (unpaired) electrons. The van der Waals surface area contributed by atoms with Gasteiger partial charge in [-0.15, -0.1) is 0 Å². The highest BCUT2D eigenvalue weighted by Crippen LogP contribution is 2.23. The highest BCUT2D eigenvalue weighted by Gasteiger charge is 2.22. The van der Waals surface area contributed by atoms with Gasteiger partial charge in [0.1, 0.15) is 11.3 Å². The molecular formula is C13H16N2O5. The predicted molar refractivity (Wildman–Crippen MR) is 70.7 cm³/mol. The Kier molecular flexibility index (Phi) is 4.52. The topological polar surface area (TPSA) is 102 Å². The molecule has 1 aromatic rings. The van der Waals surface area contributed by atoms with Crippen molar-refractivity contribution in [2.45, 2.75) is 25.4 Å². The third-order valence-electron chi connectivity index (χ3n) is 3.19. The number of carbonyl (C=O) groups is 1.